The number of benzene rings is 6. The number of halogens is 4. The normalized spacial score (nSPS) is 13.1. The number of nitrogens with zero attached hydrogens (tertiary/aromatic N) is 12. The highest BCUT2D eigenvalue weighted by Crippen LogP contribution is 2.52. The Morgan fingerprint density at radius 1 is 0.403 bits per heavy atom. The minimum Gasteiger partial charge on any atom is -0.496 e. The van der Waals surface area contributed by atoms with Crippen molar-refractivity contribution in [3.05, 3.63) is 270 Å². The molecule has 8 heterocycles. The molecule has 53 heteroatoms. The van der Waals surface area contributed by atoms with Crippen molar-refractivity contribution in [2.45, 2.75) is 86.7 Å². The van der Waals surface area contributed by atoms with E-state index in [1.54, 1.807) is 104 Å². The summed E-state index contributed by atoms with van der Waals surface area (Å²) >= 11 is 18.8. The number of nitrogens with two attached hydrogens (primary N) is 4. The number of carbonyl (C=O) groups is 4. The van der Waals surface area contributed by atoms with E-state index in [0.717, 1.165) is 31.2 Å². The molecule has 0 amide bonds. The Balaban J connectivity index is 0.000000178. The van der Waals surface area contributed by atoms with Crippen molar-refractivity contribution < 1.29 is 97.3 Å². The number of anilines is 4. The van der Waals surface area contributed by atoms with E-state index in [9.17, 15) is 56.6 Å². The van der Waals surface area contributed by atoms with Crippen molar-refractivity contribution >= 4 is 177 Å². The third-order valence-electron chi connectivity index (χ3n) is 19.3. The Labute approximate surface area is 817 Å². The first-order valence-corrected chi connectivity index (χ1v) is 51.1. The Hall–Kier alpha value is -11.6. The van der Waals surface area contributed by atoms with E-state index in [1.165, 1.54) is 39.3 Å². The van der Waals surface area contributed by atoms with Crippen molar-refractivity contribution in [1.82, 2.24) is 78.1 Å². The average Bonchev–Trinajstić information content (AvgIpc) is 1.67. The lowest BCUT2D eigenvalue weighted by atomic mass is 10.1. The second-order valence-electron chi connectivity index (χ2n) is 30.0. The maximum absolute atomic E-state index is 13.6. The highest BCUT2D eigenvalue weighted by molar-refractivity contribution is 9.10. The molecule has 0 aliphatic rings. The summed E-state index contributed by atoms with van der Waals surface area (Å²) in [5, 5.41) is 0.996. The second-order valence-corrected chi connectivity index (χ2v) is 40.7. The third kappa shape index (κ3) is 33.0. The molecule has 0 aliphatic heterocycles. The summed E-state index contributed by atoms with van der Waals surface area (Å²) in [5.74, 6) is -0.809. The summed E-state index contributed by atoms with van der Waals surface area (Å²) in [6, 6.07) is 40.3. The van der Waals surface area contributed by atoms with Crippen molar-refractivity contribution in [1.29, 1.82) is 0 Å². The highest BCUT2D eigenvalue weighted by atomic mass is 79.9. The van der Waals surface area contributed by atoms with E-state index in [-0.39, 0.29) is 180 Å². The van der Waals surface area contributed by atoms with Crippen LogP contribution in [0.1, 0.15) is 74.4 Å². The number of nitrogen functional groups attached to an aromatic ring is 4. The van der Waals surface area contributed by atoms with Gasteiger partial charge in [0.2, 0.25) is 23.8 Å². The zero-order chi connectivity index (χ0) is 100.0. The third-order valence-corrected chi connectivity index (χ3v) is 26.9. The minimum atomic E-state index is -3.91. The number of rotatable bonds is 48. The SMILES string of the molecule is CC(=O)COP(=O)(COCCn1cnc2c(=O)[nH]c(N)nc21)OCc1cccc(Br)c1.CCC(=O)COP(=O)(COCCn1cnc2c(=O)[nH]c(N)nc21)OCc1cccc(Br)c1.COc1cc(C(=O)COP(=O)(COCCn2cnc3c(=O)[nH]c(N)nc32)OCc2cccc(Cl)c2)ccc1C.Cc1ccc(C(=O)COP(=O)(COCCn2cnc3c(=O)[nH]c(N)nc32)OCc2cccc(Cl)c2)cc1. The van der Waals surface area contributed by atoms with E-state index in [4.69, 9.17) is 106 Å². The molecule has 8 aromatic heterocycles. The van der Waals surface area contributed by atoms with Gasteiger partial charge in [0, 0.05) is 62.7 Å². The maximum Gasteiger partial charge on any atom is 0.356 e. The van der Waals surface area contributed by atoms with Gasteiger partial charge in [0.15, 0.2) is 67.8 Å². The van der Waals surface area contributed by atoms with Gasteiger partial charge in [-0.25, -0.2) is 19.9 Å². The van der Waals surface area contributed by atoms with Crippen LogP contribution in [0.4, 0.5) is 23.8 Å². The molecule has 12 N–H and O–H groups in total. The summed E-state index contributed by atoms with van der Waals surface area (Å²) in [5.41, 5.74) is 28.0. The molecule has 0 bridgehead atoms. The molecule has 139 heavy (non-hydrogen) atoms. The van der Waals surface area contributed by atoms with Gasteiger partial charge in [-0.15, -0.1) is 0 Å². The zero-order valence-electron chi connectivity index (χ0n) is 75.1. The number of aryl methyl sites for hydroxylation is 2. The Morgan fingerprint density at radius 3 is 1.03 bits per heavy atom. The van der Waals surface area contributed by atoms with Crippen LogP contribution in [-0.2, 0) is 136 Å². The van der Waals surface area contributed by atoms with Crippen LogP contribution in [-0.4, -0.2) is 187 Å². The summed E-state index contributed by atoms with van der Waals surface area (Å²) in [6.45, 7) is 6.41. The minimum absolute atomic E-state index is 0.0235. The first-order chi connectivity index (χ1) is 66.4. The van der Waals surface area contributed by atoms with Gasteiger partial charge in [-0.3, -0.25) is 94.6 Å². The number of aromatic amines is 4. The summed E-state index contributed by atoms with van der Waals surface area (Å²) < 4.78 is 133. The predicted octanol–water partition coefficient (Wildman–Crippen LogP) is 13.2. The Kier molecular flexibility index (Phi) is 40.0. The first kappa shape index (κ1) is 108. The molecule has 4 atom stereocenters. The predicted molar refractivity (Wildman–Crippen MR) is 522 cm³/mol. The largest absolute Gasteiger partial charge is 0.496 e. The molecule has 14 rings (SSSR count). The van der Waals surface area contributed by atoms with Crippen LogP contribution < -0.4 is 49.9 Å². The van der Waals surface area contributed by atoms with Crippen molar-refractivity contribution in [3.8, 4) is 5.75 Å². The molecule has 6 aromatic carbocycles. The average molecular weight is 2160 g/mol. The molecular weight excluding hydrogens is 2070 g/mol. The fraction of sp³-hybridized carbons (Fsp3) is 0.302. The van der Waals surface area contributed by atoms with Gasteiger partial charge in [0.25, 0.3) is 22.2 Å². The van der Waals surface area contributed by atoms with Crippen LogP contribution >= 0.6 is 85.4 Å². The fourth-order valence-electron chi connectivity index (χ4n) is 12.2. The standard InChI is InChI=1S/C25H27ClN5O7P.C24H25ClN5O6P.C19H23BrN5O6P.C18H21BrN5O6P/c1-16-6-7-18(11-21(16)35-2)20(32)13-38-39(34,37-12-17-4-3-5-19(26)10-17)15-36-9-8-31-14-28-22-23(31)29-25(27)30-24(22)33;1-16-5-7-18(8-6-16)20(31)13-36-37(33,35-12-17-3-2-4-19(25)11-17)15-34-10-9-30-14-27-21-22(30)28-24(26)29-23(21)32;1-2-15(26)10-31-32(28,30-9-13-4-3-5-14(20)8-13)12-29-7-6-25-11-22-16-17(25)23-19(21)24-18(16)27;1-12(25)8-29-31(27,30-9-13-3-2-4-14(19)7-13)11-28-6-5-24-10-21-15-16(24)22-18(20)23-17(15)26/h3-7,10-11,14H,8-9,12-13,15H2,1-2H3,(H3,27,29,30,33);2-8,11,14H,9-10,12-13,15H2,1H3,(H3,26,28,29,32);3-5,8,11H,2,6-7,9-10,12H2,1H3,(H3,21,23,24,27);2-4,7,10H,5-6,8-9,11H2,1H3,(H3,20,22,23,26). The Morgan fingerprint density at radius 2 is 0.712 bits per heavy atom. The van der Waals surface area contributed by atoms with E-state index < -0.39 is 84.3 Å². The molecule has 738 valence electrons. The van der Waals surface area contributed by atoms with Gasteiger partial charge < -0.3 is 83.0 Å². The van der Waals surface area contributed by atoms with Crippen LogP contribution in [0.15, 0.2) is 193 Å². The molecule has 45 nitrogen and oxygen atoms in total. The number of hydrogen-bond acceptors (Lipinski definition) is 37. The van der Waals surface area contributed by atoms with Gasteiger partial charge in [-0.2, -0.15) is 19.9 Å². The van der Waals surface area contributed by atoms with Gasteiger partial charge in [-0.05, 0) is 103 Å². The molecule has 0 spiro atoms. The highest BCUT2D eigenvalue weighted by Gasteiger charge is 2.32. The molecule has 0 saturated heterocycles. The lowest BCUT2D eigenvalue weighted by molar-refractivity contribution is -0.121. The number of Topliss-reactive ketones (excluding diaryl/α,β-unsaturated/α-hetero) is 4. The van der Waals surface area contributed by atoms with Crippen LogP contribution in [0.25, 0.3) is 44.7 Å². The van der Waals surface area contributed by atoms with Gasteiger partial charge >= 0.3 is 30.4 Å². The topological polar surface area (TPSA) is 615 Å². The summed E-state index contributed by atoms with van der Waals surface area (Å²) in [7, 11) is -13.7. The van der Waals surface area contributed by atoms with Crippen LogP contribution in [0, 0.1) is 13.8 Å². The quantitative estimate of drug-likeness (QED) is 0.00997. The van der Waals surface area contributed by atoms with Gasteiger partial charge in [0.1, 0.15) is 57.6 Å². The van der Waals surface area contributed by atoms with Crippen LogP contribution in [0.2, 0.25) is 10.0 Å². The van der Waals surface area contributed by atoms with Crippen molar-refractivity contribution in [3.63, 3.8) is 0 Å². The second kappa shape index (κ2) is 51.5. The molecule has 0 saturated carbocycles. The molecule has 4 unspecified atom stereocenters. The molecule has 0 radical (unpaired) electrons. The monoisotopic (exact) mass is 2160 g/mol. The number of nitrogens with one attached hydrogen (secondary N) is 4. The number of aromatic nitrogens is 16. The maximum atomic E-state index is 13.6. The summed E-state index contributed by atoms with van der Waals surface area (Å²) in [4.78, 5) is 138. The Bertz CT molecular complexity index is 7130. The molecular formula is C86H96Br2Cl2N20O25P4. The lowest BCUT2D eigenvalue weighted by Gasteiger charge is -2.19. The van der Waals surface area contributed by atoms with Crippen molar-refractivity contribution in [2.24, 2.45) is 0 Å². The van der Waals surface area contributed by atoms with Crippen LogP contribution in [0.3, 0.4) is 0 Å². The number of H-pyrrole nitrogens is 4. The zero-order valence-corrected chi connectivity index (χ0v) is 83.4. The molecule has 14 aromatic rings. The fourth-order valence-corrected chi connectivity index (χ4v) is 18.6. The first-order valence-electron chi connectivity index (χ1n) is 41.9. The van der Waals surface area contributed by atoms with Crippen LogP contribution in [0.5, 0.6) is 5.75 Å². The number of hydrogen-bond donors (Lipinski definition) is 8. The smallest absolute Gasteiger partial charge is 0.356 e. The summed E-state index contributed by atoms with van der Waals surface area (Å²) in [6.07, 6.45) is 4.46. The number of ketones is 4. The lowest BCUT2D eigenvalue weighted by Crippen LogP contribution is -2.14. The van der Waals surface area contributed by atoms with Gasteiger partial charge in [0.05, 0.1) is 85.3 Å². The van der Waals surface area contributed by atoms with E-state index in [1.807, 2.05) is 74.5 Å². The number of imidazole rings is 4. The number of ether oxygens (including phenoxy) is 5. The van der Waals surface area contributed by atoms with Gasteiger partial charge in [-0.1, -0.05) is 152 Å². The number of methoxy groups -OCH3 is 1. The molecule has 0 fully saturated rings. The van der Waals surface area contributed by atoms with E-state index >= 15 is 0 Å². The number of fused-ring (bicyclic) bond motifs is 4. The van der Waals surface area contributed by atoms with E-state index in [0.29, 0.717) is 55.0 Å². The van der Waals surface area contributed by atoms with Crippen molar-refractivity contribution in [2.75, 3.05) is 108 Å². The van der Waals surface area contributed by atoms with E-state index in [2.05, 4.69) is 91.7 Å². The molecule has 0 aliphatic carbocycles. The number of carbonyl (C=O) groups excluding carboxylic acids is 4.